The number of carbonyl (C=O) groups is 1. The average molecular weight is 324 g/mol. The van der Waals surface area contributed by atoms with Gasteiger partial charge in [-0.15, -0.1) is 0 Å². The highest BCUT2D eigenvalue weighted by atomic mass is 19.4. The molecule has 0 atom stereocenters. The minimum absolute atomic E-state index is 0.0184. The summed E-state index contributed by atoms with van der Waals surface area (Å²) in [5.41, 5.74) is -0.914. The number of carboxylic acid groups (broad SMARTS) is 1. The van der Waals surface area contributed by atoms with Gasteiger partial charge in [-0.2, -0.15) is 18.3 Å². The molecular formula is C15H8F4N2O2. The van der Waals surface area contributed by atoms with Crippen LogP contribution in [0.3, 0.4) is 0 Å². The van der Waals surface area contributed by atoms with Crippen LogP contribution in [0.2, 0.25) is 0 Å². The fourth-order valence-electron chi connectivity index (χ4n) is 2.24. The molecule has 23 heavy (non-hydrogen) atoms. The molecule has 4 nitrogen and oxygen atoms in total. The second-order valence-corrected chi connectivity index (χ2v) is 4.78. The molecule has 0 bridgehead atoms. The van der Waals surface area contributed by atoms with Gasteiger partial charge in [-0.1, -0.05) is 0 Å². The molecule has 0 saturated heterocycles. The quantitative estimate of drug-likeness (QED) is 0.728. The van der Waals surface area contributed by atoms with Crippen molar-refractivity contribution in [2.75, 3.05) is 0 Å². The van der Waals surface area contributed by atoms with E-state index in [9.17, 15) is 27.5 Å². The van der Waals surface area contributed by atoms with Crippen LogP contribution in [0.1, 0.15) is 15.9 Å². The lowest BCUT2D eigenvalue weighted by molar-refractivity contribution is -0.137. The minimum atomic E-state index is -4.57. The number of nitrogens with zero attached hydrogens (tertiary/aromatic N) is 2. The Morgan fingerprint density at radius 1 is 1.09 bits per heavy atom. The topological polar surface area (TPSA) is 54.6 Å². The highest BCUT2D eigenvalue weighted by Gasteiger charge is 2.32. The number of pyridine rings is 1. The van der Waals surface area contributed by atoms with E-state index < -0.39 is 23.5 Å². The Kier molecular flexibility index (Phi) is 3.32. The molecule has 3 rings (SSSR count). The van der Waals surface area contributed by atoms with Crippen molar-refractivity contribution in [3.8, 4) is 11.3 Å². The number of benzene rings is 1. The molecule has 3 aromatic rings. The van der Waals surface area contributed by atoms with E-state index >= 15 is 0 Å². The van der Waals surface area contributed by atoms with Crippen LogP contribution in [0.5, 0.6) is 0 Å². The summed E-state index contributed by atoms with van der Waals surface area (Å²) in [6.45, 7) is 0. The van der Waals surface area contributed by atoms with Gasteiger partial charge in [0.1, 0.15) is 17.1 Å². The van der Waals surface area contributed by atoms with Gasteiger partial charge in [-0.25, -0.2) is 13.7 Å². The monoisotopic (exact) mass is 324 g/mol. The molecule has 8 heteroatoms. The van der Waals surface area contributed by atoms with E-state index in [2.05, 4.69) is 5.10 Å². The summed E-state index contributed by atoms with van der Waals surface area (Å²) in [7, 11) is 0. The third kappa shape index (κ3) is 2.63. The van der Waals surface area contributed by atoms with E-state index in [0.717, 1.165) is 35.0 Å². The summed E-state index contributed by atoms with van der Waals surface area (Å²) in [6, 6.07) is 6.70. The average Bonchev–Trinajstić information content (AvgIpc) is 2.85. The van der Waals surface area contributed by atoms with E-state index in [-0.39, 0.29) is 16.8 Å². The lowest BCUT2D eigenvalue weighted by Crippen LogP contribution is -2.06. The number of hydrogen-bond acceptors (Lipinski definition) is 2. The highest BCUT2D eigenvalue weighted by Crippen LogP contribution is 2.32. The van der Waals surface area contributed by atoms with Gasteiger partial charge >= 0.3 is 12.1 Å². The van der Waals surface area contributed by atoms with E-state index in [1.54, 1.807) is 0 Å². The van der Waals surface area contributed by atoms with Crippen molar-refractivity contribution < 1.29 is 27.5 Å². The fraction of sp³-hybridized carbons (Fsp3) is 0.0667. The van der Waals surface area contributed by atoms with Crippen LogP contribution in [0.15, 0.2) is 42.6 Å². The van der Waals surface area contributed by atoms with Crippen molar-refractivity contribution >= 4 is 11.5 Å². The summed E-state index contributed by atoms with van der Waals surface area (Å²) < 4.78 is 52.1. The van der Waals surface area contributed by atoms with Crippen molar-refractivity contribution in [3.63, 3.8) is 0 Å². The zero-order chi connectivity index (χ0) is 16.8. The molecule has 0 spiro atoms. The first kappa shape index (κ1) is 15.0. The number of hydrogen-bond donors (Lipinski definition) is 1. The number of aromatic nitrogens is 2. The van der Waals surface area contributed by atoms with E-state index in [0.29, 0.717) is 5.56 Å². The van der Waals surface area contributed by atoms with Crippen LogP contribution >= 0.6 is 0 Å². The van der Waals surface area contributed by atoms with Gasteiger partial charge in [0, 0.05) is 11.8 Å². The summed E-state index contributed by atoms with van der Waals surface area (Å²) in [5, 5.41) is 13.3. The maximum absolute atomic E-state index is 13.0. The highest BCUT2D eigenvalue weighted by molar-refractivity contribution is 6.02. The molecule has 0 aliphatic rings. The number of aromatic carboxylic acids is 1. The van der Waals surface area contributed by atoms with E-state index in [1.807, 2.05) is 0 Å². The first-order valence-electron chi connectivity index (χ1n) is 6.36. The number of halogens is 4. The Morgan fingerprint density at radius 2 is 1.74 bits per heavy atom. The summed E-state index contributed by atoms with van der Waals surface area (Å²) in [5.74, 6) is -1.85. The maximum Gasteiger partial charge on any atom is 0.417 e. The number of alkyl halides is 3. The first-order valence-corrected chi connectivity index (χ1v) is 6.36. The maximum atomic E-state index is 13.0. The molecular weight excluding hydrogens is 316 g/mol. The van der Waals surface area contributed by atoms with Crippen molar-refractivity contribution in [2.45, 2.75) is 6.18 Å². The molecule has 0 radical (unpaired) electrons. The van der Waals surface area contributed by atoms with Crippen LogP contribution < -0.4 is 0 Å². The van der Waals surface area contributed by atoms with Crippen molar-refractivity contribution in [3.05, 3.63) is 59.5 Å². The number of rotatable bonds is 2. The third-order valence-corrected chi connectivity index (χ3v) is 3.29. The van der Waals surface area contributed by atoms with Crippen molar-refractivity contribution in [1.29, 1.82) is 0 Å². The van der Waals surface area contributed by atoms with Gasteiger partial charge in [-0.05, 0) is 36.4 Å². The molecule has 1 aromatic carbocycles. The molecule has 1 N–H and O–H groups in total. The summed E-state index contributed by atoms with van der Waals surface area (Å²) in [4.78, 5) is 11.5. The lowest BCUT2D eigenvalue weighted by Gasteiger charge is -2.06. The van der Waals surface area contributed by atoms with Gasteiger partial charge in [0.15, 0.2) is 0 Å². The second kappa shape index (κ2) is 5.08. The number of carboxylic acids is 1. The van der Waals surface area contributed by atoms with Gasteiger partial charge in [0.2, 0.25) is 0 Å². The second-order valence-electron chi connectivity index (χ2n) is 4.78. The first-order chi connectivity index (χ1) is 10.8. The van der Waals surface area contributed by atoms with Crippen LogP contribution in [0.25, 0.3) is 16.8 Å². The zero-order valence-electron chi connectivity index (χ0n) is 11.3. The Hall–Kier alpha value is -2.90. The standard InChI is InChI=1S/C15H8F4N2O2/c16-10-4-1-8(2-5-10)13-12(14(22)23)11-6-3-9(15(17,18)19)7-21(11)20-13/h1-7H,(H,22,23). The number of fused-ring (bicyclic) bond motifs is 1. The predicted octanol–water partition coefficient (Wildman–Crippen LogP) is 3.86. The van der Waals surface area contributed by atoms with Gasteiger partial charge < -0.3 is 5.11 Å². The van der Waals surface area contributed by atoms with Gasteiger partial charge in [-0.3, -0.25) is 0 Å². The summed E-state index contributed by atoms with van der Waals surface area (Å²) >= 11 is 0. The van der Waals surface area contributed by atoms with E-state index in [4.69, 9.17) is 0 Å². The van der Waals surface area contributed by atoms with Crippen LogP contribution in [0.4, 0.5) is 17.6 Å². The Morgan fingerprint density at radius 3 is 2.30 bits per heavy atom. The largest absolute Gasteiger partial charge is 0.478 e. The molecule has 118 valence electrons. The SMILES string of the molecule is O=C(O)c1c(-c2ccc(F)cc2)nn2cc(C(F)(F)F)ccc12. The van der Waals surface area contributed by atoms with Gasteiger partial charge in [0.25, 0.3) is 0 Å². The molecule has 0 aliphatic heterocycles. The Balaban J connectivity index is 2.27. The molecule has 2 aromatic heterocycles. The fourth-order valence-corrected chi connectivity index (χ4v) is 2.24. The van der Waals surface area contributed by atoms with Crippen molar-refractivity contribution in [1.82, 2.24) is 9.61 Å². The normalized spacial score (nSPS) is 11.8. The predicted molar refractivity (Wildman–Crippen MR) is 72.5 cm³/mol. The minimum Gasteiger partial charge on any atom is -0.478 e. The molecule has 0 amide bonds. The Bertz CT molecular complexity index is 898. The molecule has 0 fully saturated rings. The van der Waals surface area contributed by atoms with E-state index in [1.165, 1.54) is 12.1 Å². The molecule has 0 aliphatic carbocycles. The molecule has 2 heterocycles. The zero-order valence-corrected chi connectivity index (χ0v) is 11.3. The van der Waals surface area contributed by atoms with Crippen molar-refractivity contribution in [2.24, 2.45) is 0 Å². The van der Waals surface area contributed by atoms with Crippen LogP contribution in [-0.4, -0.2) is 20.7 Å². The van der Waals surface area contributed by atoms with Crippen LogP contribution in [0, 0.1) is 5.82 Å². The molecule has 0 saturated carbocycles. The Labute approximate surface area is 126 Å². The smallest absolute Gasteiger partial charge is 0.417 e. The van der Waals surface area contributed by atoms with Crippen LogP contribution in [-0.2, 0) is 6.18 Å². The molecule has 0 unspecified atom stereocenters. The third-order valence-electron chi connectivity index (χ3n) is 3.29. The van der Waals surface area contributed by atoms with Gasteiger partial charge in [0.05, 0.1) is 11.1 Å². The lowest BCUT2D eigenvalue weighted by atomic mass is 10.1. The summed E-state index contributed by atoms with van der Waals surface area (Å²) in [6.07, 6.45) is -3.85.